The summed E-state index contributed by atoms with van der Waals surface area (Å²) in [5.41, 5.74) is -1.25. The third kappa shape index (κ3) is 9.72. The molecule has 1 aliphatic rings. The summed E-state index contributed by atoms with van der Waals surface area (Å²) in [6.07, 6.45) is 14.7. The second-order valence-corrected chi connectivity index (χ2v) is 9.78. The average Bonchev–Trinajstić information content (AvgIpc) is 3.14. The van der Waals surface area contributed by atoms with Crippen LogP contribution in [0.4, 0.5) is 0 Å². The Balaban J connectivity index is 1.73. The third-order valence-corrected chi connectivity index (χ3v) is 6.62. The largest absolute Gasteiger partial charge is 0.457 e. The van der Waals surface area contributed by atoms with Crippen LogP contribution in [-0.2, 0) is 19.1 Å². The van der Waals surface area contributed by atoms with Gasteiger partial charge >= 0.3 is 11.9 Å². The Morgan fingerprint density at radius 3 is 2.45 bits per heavy atom. The van der Waals surface area contributed by atoms with E-state index in [9.17, 15) is 24.6 Å². The van der Waals surface area contributed by atoms with E-state index < -0.39 is 36.2 Å². The quantitative estimate of drug-likeness (QED) is 0.155. The second kappa shape index (κ2) is 16.8. The zero-order valence-electron chi connectivity index (χ0n) is 22.6. The molecule has 8 nitrogen and oxygen atoms in total. The van der Waals surface area contributed by atoms with Crippen LogP contribution in [0, 0.1) is 0 Å². The highest BCUT2D eigenvalue weighted by Crippen LogP contribution is 2.28. The molecule has 1 saturated heterocycles. The molecule has 1 heterocycles. The Morgan fingerprint density at radius 1 is 1.08 bits per heavy atom. The monoisotopic (exact) mass is 529 g/mol. The Kier molecular flexibility index (Phi) is 13.8. The fraction of sp³-hybridized carbons (Fsp3) is 0.567. The van der Waals surface area contributed by atoms with Gasteiger partial charge in [-0.2, -0.15) is 0 Å². The molecule has 1 aromatic rings. The Hall–Kier alpha value is -2.97. The van der Waals surface area contributed by atoms with E-state index in [2.05, 4.69) is 18.3 Å². The number of aliphatic hydroxyl groups excluding tert-OH is 2. The minimum absolute atomic E-state index is 0.233. The first-order valence-electron chi connectivity index (χ1n) is 13.7. The van der Waals surface area contributed by atoms with Crippen molar-refractivity contribution in [2.24, 2.45) is 0 Å². The van der Waals surface area contributed by atoms with Crippen LogP contribution < -0.4 is 5.32 Å². The summed E-state index contributed by atoms with van der Waals surface area (Å²) in [4.78, 5) is 36.0. The van der Waals surface area contributed by atoms with Gasteiger partial charge in [-0.25, -0.2) is 9.59 Å². The van der Waals surface area contributed by atoms with Gasteiger partial charge in [-0.3, -0.25) is 4.79 Å². The summed E-state index contributed by atoms with van der Waals surface area (Å²) in [6, 6.07) is 9.05. The molecular weight excluding hydrogens is 486 g/mol. The summed E-state index contributed by atoms with van der Waals surface area (Å²) >= 11 is 0. The van der Waals surface area contributed by atoms with Crippen LogP contribution in [0.5, 0.6) is 0 Å². The molecule has 0 aromatic heterocycles. The number of allylic oxidation sites excluding steroid dienone is 2. The first-order chi connectivity index (χ1) is 18.3. The molecule has 3 N–H and O–H groups in total. The zero-order valence-corrected chi connectivity index (χ0v) is 22.6. The minimum atomic E-state index is -1.81. The smallest absolute Gasteiger partial charge is 0.338 e. The minimum Gasteiger partial charge on any atom is -0.457 e. The van der Waals surface area contributed by atoms with Gasteiger partial charge in [0, 0.05) is 13.3 Å². The molecule has 8 heteroatoms. The van der Waals surface area contributed by atoms with E-state index in [0.29, 0.717) is 12.0 Å². The number of nitrogens with one attached hydrogen (secondary N) is 1. The maximum absolute atomic E-state index is 12.5. The second-order valence-electron chi connectivity index (χ2n) is 9.78. The van der Waals surface area contributed by atoms with Gasteiger partial charge in [-0.1, -0.05) is 62.6 Å². The molecule has 38 heavy (non-hydrogen) atoms. The van der Waals surface area contributed by atoms with Crippen molar-refractivity contribution in [2.75, 3.05) is 6.61 Å². The molecule has 1 fully saturated rings. The summed E-state index contributed by atoms with van der Waals surface area (Å²) < 4.78 is 11.0. The molecule has 0 bridgehead atoms. The number of carbonyl (C=O) groups is 3. The van der Waals surface area contributed by atoms with Crippen molar-refractivity contribution in [3.05, 3.63) is 60.2 Å². The number of hydrogen-bond donors (Lipinski definition) is 3. The summed E-state index contributed by atoms with van der Waals surface area (Å²) in [7, 11) is 0. The van der Waals surface area contributed by atoms with Crippen LogP contribution in [0.3, 0.4) is 0 Å². The van der Waals surface area contributed by atoms with Crippen molar-refractivity contribution in [3.63, 3.8) is 0 Å². The highest BCUT2D eigenvalue weighted by Gasteiger charge is 2.57. The van der Waals surface area contributed by atoms with Crippen molar-refractivity contribution in [2.45, 2.75) is 102 Å². The van der Waals surface area contributed by atoms with Crippen LogP contribution in [0.2, 0.25) is 0 Å². The predicted octanol–water partition coefficient (Wildman–Crippen LogP) is 4.40. The molecule has 0 radical (unpaired) electrons. The van der Waals surface area contributed by atoms with Crippen LogP contribution in [0.25, 0.3) is 0 Å². The highest BCUT2D eigenvalue weighted by atomic mass is 16.6. The number of rotatable bonds is 17. The summed E-state index contributed by atoms with van der Waals surface area (Å²) in [5.74, 6) is -1.66. The number of ether oxygens (including phenoxy) is 2. The number of esters is 2. The van der Waals surface area contributed by atoms with Gasteiger partial charge in [0.2, 0.25) is 5.91 Å². The summed E-state index contributed by atoms with van der Waals surface area (Å²) in [5, 5.41) is 22.4. The molecule has 0 spiro atoms. The van der Waals surface area contributed by atoms with Gasteiger partial charge < -0.3 is 25.0 Å². The van der Waals surface area contributed by atoms with Gasteiger partial charge in [-0.15, -0.1) is 0 Å². The van der Waals surface area contributed by atoms with E-state index in [0.717, 1.165) is 51.4 Å². The number of hydrogen-bond acceptors (Lipinski definition) is 7. The number of benzene rings is 1. The fourth-order valence-electron chi connectivity index (χ4n) is 4.43. The van der Waals surface area contributed by atoms with Crippen LogP contribution in [0.1, 0.15) is 88.4 Å². The number of carbonyl (C=O) groups excluding carboxylic acids is 3. The average molecular weight is 530 g/mol. The highest BCUT2D eigenvalue weighted by molar-refractivity contribution is 5.90. The van der Waals surface area contributed by atoms with Crippen LogP contribution in [0.15, 0.2) is 54.6 Å². The van der Waals surface area contributed by atoms with Crippen molar-refractivity contribution in [3.8, 4) is 0 Å². The molecule has 1 amide bonds. The lowest BCUT2D eigenvalue weighted by Gasteiger charge is -2.27. The summed E-state index contributed by atoms with van der Waals surface area (Å²) in [6.45, 7) is 2.65. The molecule has 210 valence electrons. The standard InChI is InChI=1S/C30H43NO7/c1-3-4-5-14-19-25(37-28(35)24-17-12-11-13-18-24)20-15-9-7-6-8-10-16-21-26-27(34)30(22-32,29(36)38-26)31-23(2)33/h10-13,15-18,20,25-27,32,34H,3-9,14,19,21-22H2,1-2H3,(H,31,33)/b16-10+,20-15+/t25-,26-,27+,30+/m1/s1. The van der Waals surface area contributed by atoms with Crippen molar-refractivity contribution in [1.29, 1.82) is 0 Å². The normalized spacial score (nSPS) is 22.1. The number of aliphatic hydroxyl groups is 2. The number of cyclic esters (lactones) is 1. The van der Waals surface area contributed by atoms with Gasteiger partial charge in [0.15, 0.2) is 5.54 Å². The third-order valence-electron chi connectivity index (χ3n) is 6.62. The molecule has 4 atom stereocenters. The van der Waals surface area contributed by atoms with E-state index in [1.54, 1.807) is 12.1 Å². The van der Waals surface area contributed by atoms with Gasteiger partial charge in [0.25, 0.3) is 0 Å². The molecular formula is C30H43NO7. The zero-order chi connectivity index (χ0) is 27.8. The first kappa shape index (κ1) is 31.2. The SMILES string of the molecule is CCCCCC[C@H](/C=C/CCCC/C=C/C[C@H]1OC(=O)[C@@](CO)(NC(C)=O)[C@H]1O)OC(=O)c1ccccc1. The molecule has 0 saturated carbocycles. The Bertz CT molecular complexity index is 930. The van der Waals surface area contributed by atoms with E-state index in [1.807, 2.05) is 36.4 Å². The fourth-order valence-corrected chi connectivity index (χ4v) is 4.43. The maximum atomic E-state index is 12.5. The topological polar surface area (TPSA) is 122 Å². The molecule has 0 unspecified atom stereocenters. The molecule has 1 aromatic carbocycles. The van der Waals surface area contributed by atoms with Crippen LogP contribution >= 0.6 is 0 Å². The molecule has 0 aliphatic carbocycles. The van der Waals surface area contributed by atoms with E-state index in [1.165, 1.54) is 13.3 Å². The van der Waals surface area contributed by atoms with Gasteiger partial charge in [-0.05, 0) is 56.7 Å². The van der Waals surface area contributed by atoms with E-state index >= 15 is 0 Å². The molecule has 1 aliphatic heterocycles. The van der Waals surface area contributed by atoms with E-state index in [4.69, 9.17) is 9.47 Å². The lowest BCUT2D eigenvalue weighted by Crippen LogP contribution is -2.61. The van der Waals surface area contributed by atoms with Crippen LogP contribution in [-0.4, -0.2) is 58.5 Å². The lowest BCUT2D eigenvalue weighted by molar-refractivity contribution is -0.149. The Morgan fingerprint density at radius 2 is 1.79 bits per heavy atom. The number of amides is 1. The maximum Gasteiger partial charge on any atom is 0.338 e. The van der Waals surface area contributed by atoms with Gasteiger partial charge in [0.1, 0.15) is 18.3 Å². The first-order valence-corrected chi connectivity index (χ1v) is 13.7. The Labute approximate surface area is 226 Å². The van der Waals surface area contributed by atoms with Crippen molar-refractivity contribution >= 4 is 17.8 Å². The lowest BCUT2D eigenvalue weighted by atomic mass is 9.91. The molecule has 2 rings (SSSR count). The van der Waals surface area contributed by atoms with Crippen molar-refractivity contribution in [1.82, 2.24) is 5.32 Å². The predicted molar refractivity (Wildman–Crippen MR) is 145 cm³/mol. The number of unbranched alkanes of at least 4 members (excludes halogenated alkanes) is 6. The van der Waals surface area contributed by atoms with Gasteiger partial charge in [0.05, 0.1) is 12.2 Å². The van der Waals surface area contributed by atoms with Crippen molar-refractivity contribution < 1.29 is 34.1 Å². The van der Waals surface area contributed by atoms with E-state index in [-0.39, 0.29) is 12.1 Å².